The van der Waals surface area contributed by atoms with E-state index in [1.807, 2.05) is 74.5 Å². The quantitative estimate of drug-likeness (QED) is 0.305. The summed E-state index contributed by atoms with van der Waals surface area (Å²) in [5.74, 6) is -2.21. The van der Waals surface area contributed by atoms with Crippen molar-refractivity contribution in [1.29, 1.82) is 0 Å². The van der Waals surface area contributed by atoms with Gasteiger partial charge in [-0.1, -0.05) is 80.6 Å². The zero-order chi connectivity index (χ0) is 27.9. The molecule has 4 rings (SSSR count). The van der Waals surface area contributed by atoms with Crippen LogP contribution in [0.15, 0.2) is 78.9 Å². The molecule has 39 heavy (non-hydrogen) atoms. The highest BCUT2D eigenvalue weighted by Gasteiger charge is 2.37. The molecule has 0 aliphatic carbocycles. The van der Waals surface area contributed by atoms with E-state index in [2.05, 4.69) is 10.6 Å². The van der Waals surface area contributed by atoms with Gasteiger partial charge in [-0.15, -0.1) is 0 Å². The lowest BCUT2D eigenvalue weighted by atomic mass is 10.0. The third-order valence-corrected chi connectivity index (χ3v) is 6.75. The second kappa shape index (κ2) is 12.5. The van der Waals surface area contributed by atoms with E-state index in [-0.39, 0.29) is 24.8 Å². The van der Waals surface area contributed by atoms with Gasteiger partial charge in [0.15, 0.2) is 0 Å². The number of amides is 3. The number of carboxylic acid groups (broad SMARTS) is 1. The van der Waals surface area contributed by atoms with E-state index in [0.717, 1.165) is 21.6 Å². The molecule has 0 aromatic heterocycles. The predicted octanol–water partition coefficient (Wildman–Crippen LogP) is 4.11. The van der Waals surface area contributed by atoms with Crippen molar-refractivity contribution in [1.82, 2.24) is 15.5 Å². The van der Waals surface area contributed by atoms with Crippen LogP contribution in [-0.2, 0) is 16.1 Å². The number of rotatable bonds is 12. The SMILES string of the molecule is CC(C)C[C@H](NC(CCN1C(=O)c2ccc(-c3ccccc3)cc2C1=O)C(=O)O)C(=O)NCc1ccccc1. The molecule has 0 saturated carbocycles. The third kappa shape index (κ3) is 6.78. The molecule has 0 saturated heterocycles. The molecule has 3 N–H and O–H groups in total. The summed E-state index contributed by atoms with van der Waals surface area (Å²) in [5.41, 5.74) is 3.29. The van der Waals surface area contributed by atoms with Gasteiger partial charge in [-0.25, -0.2) is 0 Å². The first kappa shape index (κ1) is 27.7. The number of hydrogen-bond acceptors (Lipinski definition) is 5. The summed E-state index contributed by atoms with van der Waals surface area (Å²) in [6.45, 7) is 4.15. The van der Waals surface area contributed by atoms with Crippen LogP contribution < -0.4 is 10.6 Å². The normalized spacial score (nSPS) is 14.3. The first-order valence-corrected chi connectivity index (χ1v) is 13.1. The first-order chi connectivity index (χ1) is 18.7. The largest absolute Gasteiger partial charge is 0.480 e. The maximum absolute atomic E-state index is 13.1. The number of nitrogens with zero attached hydrogens (tertiary/aromatic N) is 1. The number of nitrogens with one attached hydrogen (secondary N) is 2. The lowest BCUT2D eigenvalue weighted by Gasteiger charge is -2.25. The molecule has 1 aliphatic heterocycles. The topological polar surface area (TPSA) is 116 Å². The molecule has 0 fully saturated rings. The van der Waals surface area contributed by atoms with Crippen molar-refractivity contribution in [3.05, 3.63) is 95.6 Å². The van der Waals surface area contributed by atoms with Crippen molar-refractivity contribution in [3.8, 4) is 11.1 Å². The fourth-order valence-electron chi connectivity index (χ4n) is 4.71. The number of carbonyl (C=O) groups is 4. The third-order valence-electron chi connectivity index (χ3n) is 6.75. The minimum atomic E-state index is -1.15. The number of aliphatic carboxylic acids is 1. The summed E-state index contributed by atoms with van der Waals surface area (Å²) >= 11 is 0. The number of fused-ring (bicyclic) bond motifs is 1. The van der Waals surface area contributed by atoms with Crippen molar-refractivity contribution in [2.24, 2.45) is 5.92 Å². The van der Waals surface area contributed by atoms with Gasteiger partial charge in [-0.05, 0) is 47.6 Å². The molecule has 8 heteroatoms. The van der Waals surface area contributed by atoms with E-state index in [1.165, 1.54) is 0 Å². The Bertz CT molecular complexity index is 1340. The van der Waals surface area contributed by atoms with Gasteiger partial charge in [0.1, 0.15) is 6.04 Å². The Morgan fingerprint density at radius 2 is 1.46 bits per heavy atom. The number of carboxylic acids is 1. The summed E-state index contributed by atoms with van der Waals surface area (Å²) in [4.78, 5) is 52.4. The number of imide groups is 1. The molecule has 0 bridgehead atoms. The van der Waals surface area contributed by atoms with E-state index >= 15 is 0 Å². The molecule has 3 aromatic rings. The summed E-state index contributed by atoms with van der Waals surface area (Å²) in [7, 11) is 0. The Hall–Kier alpha value is -4.30. The molecule has 1 unspecified atom stereocenters. The average Bonchev–Trinajstić information content (AvgIpc) is 3.18. The zero-order valence-electron chi connectivity index (χ0n) is 22.1. The maximum atomic E-state index is 13.1. The molecule has 1 aliphatic rings. The Labute approximate surface area is 228 Å². The van der Waals surface area contributed by atoms with Gasteiger partial charge in [0, 0.05) is 13.1 Å². The van der Waals surface area contributed by atoms with Crippen molar-refractivity contribution >= 4 is 23.7 Å². The van der Waals surface area contributed by atoms with Gasteiger partial charge in [0.25, 0.3) is 11.8 Å². The van der Waals surface area contributed by atoms with Crippen LogP contribution in [0.3, 0.4) is 0 Å². The van der Waals surface area contributed by atoms with Crippen molar-refractivity contribution in [3.63, 3.8) is 0 Å². The number of carbonyl (C=O) groups excluding carboxylic acids is 3. The zero-order valence-corrected chi connectivity index (χ0v) is 22.1. The van der Waals surface area contributed by atoms with Crippen molar-refractivity contribution < 1.29 is 24.3 Å². The van der Waals surface area contributed by atoms with E-state index in [9.17, 15) is 24.3 Å². The summed E-state index contributed by atoms with van der Waals surface area (Å²) < 4.78 is 0. The smallest absolute Gasteiger partial charge is 0.320 e. The van der Waals surface area contributed by atoms with Crippen LogP contribution >= 0.6 is 0 Å². The van der Waals surface area contributed by atoms with Crippen LogP contribution in [0.5, 0.6) is 0 Å². The number of hydrogen-bond donors (Lipinski definition) is 3. The molecular weight excluding hydrogens is 494 g/mol. The predicted molar refractivity (Wildman–Crippen MR) is 148 cm³/mol. The van der Waals surface area contributed by atoms with Gasteiger partial charge < -0.3 is 10.4 Å². The van der Waals surface area contributed by atoms with Gasteiger partial charge in [-0.2, -0.15) is 0 Å². The molecule has 202 valence electrons. The van der Waals surface area contributed by atoms with Crippen molar-refractivity contribution in [2.75, 3.05) is 6.54 Å². The Morgan fingerprint density at radius 1 is 0.821 bits per heavy atom. The molecule has 0 radical (unpaired) electrons. The van der Waals surface area contributed by atoms with Crippen LogP contribution in [0.4, 0.5) is 0 Å². The van der Waals surface area contributed by atoms with Crippen LogP contribution in [0.2, 0.25) is 0 Å². The van der Waals surface area contributed by atoms with Gasteiger partial charge in [-0.3, -0.25) is 29.4 Å². The minimum Gasteiger partial charge on any atom is -0.480 e. The van der Waals surface area contributed by atoms with Crippen LogP contribution in [0.25, 0.3) is 11.1 Å². The highest BCUT2D eigenvalue weighted by molar-refractivity contribution is 6.21. The molecular formula is C31H33N3O5. The molecule has 0 spiro atoms. The second-order valence-corrected chi connectivity index (χ2v) is 10.1. The van der Waals surface area contributed by atoms with Gasteiger partial charge in [0.05, 0.1) is 17.2 Å². The minimum absolute atomic E-state index is 0.0348. The maximum Gasteiger partial charge on any atom is 0.320 e. The first-order valence-electron chi connectivity index (χ1n) is 13.1. The van der Waals surface area contributed by atoms with Crippen molar-refractivity contribution in [2.45, 2.75) is 45.3 Å². The Kier molecular flexibility index (Phi) is 8.88. The molecule has 2 atom stereocenters. The number of benzene rings is 3. The second-order valence-electron chi connectivity index (χ2n) is 10.1. The van der Waals surface area contributed by atoms with Gasteiger partial charge >= 0.3 is 5.97 Å². The molecule has 3 amide bonds. The summed E-state index contributed by atoms with van der Waals surface area (Å²) in [5, 5.41) is 15.7. The molecule has 1 heterocycles. The van der Waals surface area contributed by atoms with E-state index in [1.54, 1.807) is 18.2 Å². The monoisotopic (exact) mass is 527 g/mol. The highest BCUT2D eigenvalue weighted by atomic mass is 16.4. The lowest BCUT2D eigenvalue weighted by Crippen LogP contribution is -2.52. The average molecular weight is 528 g/mol. The highest BCUT2D eigenvalue weighted by Crippen LogP contribution is 2.28. The molecule has 3 aromatic carbocycles. The standard InChI is InChI=1S/C31H33N3O5/c1-20(2)17-27(28(35)32-19-21-9-5-3-6-10-21)33-26(31(38)39)15-16-34-29(36)24-14-13-23(18-25(24)30(34)37)22-11-7-4-8-12-22/h3-14,18,20,26-27,33H,15-17,19H2,1-2H3,(H,32,35)(H,38,39)/t26?,27-/m0/s1. The summed E-state index contributed by atoms with van der Waals surface area (Å²) in [6.07, 6.45) is 0.395. The fraction of sp³-hybridized carbons (Fsp3) is 0.290. The van der Waals surface area contributed by atoms with Crippen LogP contribution in [0, 0.1) is 5.92 Å². The summed E-state index contributed by atoms with van der Waals surface area (Å²) in [6, 6.07) is 22.3. The lowest BCUT2D eigenvalue weighted by molar-refractivity contribution is -0.140. The van der Waals surface area contributed by atoms with Gasteiger partial charge in [0.2, 0.25) is 5.91 Å². The van der Waals surface area contributed by atoms with E-state index < -0.39 is 29.9 Å². The van der Waals surface area contributed by atoms with Crippen LogP contribution in [0.1, 0.15) is 53.0 Å². The Morgan fingerprint density at radius 3 is 2.10 bits per heavy atom. The fourth-order valence-corrected chi connectivity index (χ4v) is 4.71. The Balaban J connectivity index is 1.42. The molecule has 8 nitrogen and oxygen atoms in total. The van der Waals surface area contributed by atoms with E-state index in [4.69, 9.17) is 0 Å². The van der Waals surface area contributed by atoms with Crippen LogP contribution in [-0.4, -0.2) is 52.3 Å². The van der Waals surface area contributed by atoms with E-state index in [0.29, 0.717) is 24.1 Å².